The Morgan fingerprint density at radius 1 is 1.00 bits per heavy atom. The van der Waals surface area contributed by atoms with Crippen molar-refractivity contribution in [1.82, 2.24) is 14.9 Å². The average Bonchev–Trinajstić information content (AvgIpc) is 3.20. The highest BCUT2D eigenvalue weighted by Crippen LogP contribution is 2.44. The molecule has 2 atom stereocenters. The number of hydrogen-bond donors (Lipinski definition) is 2. The molecule has 2 aromatic carbocycles. The Morgan fingerprint density at radius 2 is 1.77 bits per heavy atom. The van der Waals surface area contributed by atoms with Gasteiger partial charge in [-0.3, -0.25) is 9.59 Å². The normalized spacial score (nSPS) is 18.1. The van der Waals surface area contributed by atoms with Crippen LogP contribution in [0.4, 0.5) is 5.82 Å². The van der Waals surface area contributed by atoms with Crippen molar-refractivity contribution >= 4 is 28.5 Å². The molecule has 0 saturated heterocycles. The highest BCUT2D eigenvalue weighted by Gasteiger charge is 2.43. The maximum absolute atomic E-state index is 13.6. The molecule has 1 aliphatic heterocycles. The van der Waals surface area contributed by atoms with Gasteiger partial charge in [-0.2, -0.15) is 0 Å². The minimum absolute atomic E-state index is 0.0939. The second kappa shape index (κ2) is 7.40. The number of para-hydroxylation sites is 1. The molecule has 2 aromatic heterocycles. The lowest BCUT2D eigenvalue weighted by Gasteiger charge is -2.39. The molecule has 0 bridgehead atoms. The number of anilines is 1. The van der Waals surface area contributed by atoms with E-state index in [4.69, 9.17) is 0 Å². The van der Waals surface area contributed by atoms with Crippen LogP contribution in [-0.4, -0.2) is 33.7 Å². The van der Waals surface area contributed by atoms with E-state index in [1.165, 1.54) is 0 Å². The highest BCUT2D eigenvalue weighted by atomic mass is 16.2. The fourth-order valence-electron chi connectivity index (χ4n) is 4.50. The number of pyridine rings is 1. The molecule has 4 aromatic rings. The Hall–Kier alpha value is -3.93. The molecule has 0 fully saturated rings. The number of hydrogen-bond acceptors (Lipinski definition) is 3. The molecule has 5 rings (SSSR count). The van der Waals surface area contributed by atoms with E-state index >= 15 is 0 Å². The van der Waals surface area contributed by atoms with Crippen molar-refractivity contribution in [2.24, 2.45) is 0 Å². The van der Waals surface area contributed by atoms with Crippen LogP contribution in [0.3, 0.4) is 0 Å². The molecular weight excluding hydrogens is 388 g/mol. The summed E-state index contributed by atoms with van der Waals surface area (Å²) < 4.78 is 0. The Balaban J connectivity index is 1.66. The molecule has 0 aliphatic carbocycles. The van der Waals surface area contributed by atoms with Gasteiger partial charge in [0.2, 0.25) is 5.91 Å². The summed E-state index contributed by atoms with van der Waals surface area (Å²) in [5.41, 5.74) is 3.99. The molecule has 2 amide bonds. The molecule has 0 spiro atoms. The first-order chi connectivity index (χ1) is 15.0. The summed E-state index contributed by atoms with van der Waals surface area (Å²) in [6, 6.07) is 20.3. The second-order valence-electron chi connectivity index (χ2n) is 7.87. The molecule has 0 radical (unpaired) electrons. The number of carbonyl (C=O) groups excluding carboxylic acids is 2. The summed E-state index contributed by atoms with van der Waals surface area (Å²) in [7, 11) is 1.76. The Kier molecular flexibility index (Phi) is 4.55. The molecule has 154 valence electrons. The lowest BCUT2D eigenvalue weighted by molar-refractivity contribution is -0.119. The van der Waals surface area contributed by atoms with Gasteiger partial charge in [-0.25, -0.2) is 4.98 Å². The quantitative estimate of drug-likeness (QED) is 0.525. The van der Waals surface area contributed by atoms with E-state index in [2.05, 4.69) is 15.3 Å². The second-order valence-corrected chi connectivity index (χ2v) is 7.87. The highest BCUT2D eigenvalue weighted by molar-refractivity contribution is 6.04. The van der Waals surface area contributed by atoms with Gasteiger partial charge in [0.05, 0.1) is 12.0 Å². The number of nitrogens with one attached hydrogen (secondary N) is 2. The zero-order valence-electron chi connectivity index (χ0n) is 17.3. The summed E-state index contributed by atoms with van der Waals surface area (Å²) in [6.07, 6.45) is 1.90. The molecule has 31 heavy (non-hydrogen) atoms. The van der Waals surface area contributed by atoms with Gasteiger partial charge in [0.25, 0.3) is 5.91 Å². The Morgan fingerprint density at radius 3 is 2.61 bits per heavy atom. The summed E-state index contributed by atoms with van der Waals surface area (Å²) in [6.45, 7) is 1.88. The average molecular weight is 410 g/mol. The van der Waals surface area contributed by atoms with E-state index in [9.17, 15) is 9.59 Å². The fourth-order valence-corrected chi connectivity index (χ4v) is 4.50. The predicted octanol–water partition coefficient (Wildman–Crippen LogP) is 4.42. The van der Waals surface area contributed by atoms with Gasteiger partial charge >= 0.3 is 0 Å². The van der Waals surface area contributed by atoms with Crippen molar-refractivity contribution < 1.29 is 9.59 Å². The molecule has 2 unspecified atom stereocenters. The molecule has 0 saturated carbocycles. The number of likely N-dealkylation sites (N-methyl/N-ethyl adjacent to an activating group) is 1. The van der Waals surface area contributed by atoms with Crippen LogP contribution in [0.2, 0.25) is 0 Å². The largest absolute Gasteiger partial charge is 0.361 e. The maximum atomic E-state index is 13.6. The topological polar surface area (TPSA) is 78.1 Å². The van der Waals surface area contributed by atoms with Crippen LogP contribution in [0, 0.1) is 6.92 Å². The minimum Gasteiger partial charge on any atom is -0.361 e. The molecule has 2 N–H and O–H groups in total. The van der Waals surface area contributed by atoms with E-state index in [0.29, 0.717) is 11.4 Å². The van der Waals surface area contributed by atoms with Crippen molar-refractivity contribution in [1.29, 1.82) is 0 Å². The van der Waals surface area contributed by atoms with E-state index < -0.39 is 12.0 Å². The summed E-state index contributed by atoms with van der Waals surface area (Å²) in [5.74, 6) is -0.371. The molecule has 1 aliphatic rings. The standard InChI is InChI=1S/C25H22N4O2/c1-15-8-7-13-21(27-15)28-24(30)22-17-10-3-4-11-18(17)25(31)29(2)23(22)19-14-26-20-12-6-5-9-16(19)20/h3-14,22-23,26H,1-2H3,(H,27,28,30). The van der Waals surface area contributed by atoms with Crippen LogP contribution in [-0.2, 0) is 4.79 Å². The molecular formula is C25H22N4O2. The molecule has 6 heteroatoms. The summed E-state index contributed by atoms with van der Waals surface area (Å²) in [5, 5.41) is 3.97. The SMILES string of the molecule is Cc1cccc(NC(=O)C2c3ccccc3C(=O)N(C)C2c2c[nH]c3ccccc23)n1. The Bertz CT molecular complexity index is 1310. The van der Waals surface area contributed by atoms with Crippen LogP contribution < -0.4 is 5.32 Å². The van der Waals surface area contributed by atoms with Crippen molar-refractivity contribution in [3.05, 3.63) is 95.3 Å². The monoisotopic (exact) mass is 410 g/mol. The van der Waals surface area contributed by atoms with Crippen LogP contribution in [0.5, 0.6) is 0 Å². The summed E-state index contributed by atoms with van der Waals surface area (Å²) in [4.78, 5) is 36.2. The Labute approximate surface area is 179 Å². The zero-order valence-corrected chi connectivity index (χ0v) is 17.3. The third-order valence-corrected chi connectivity index (χ3v) is 5.94. The van der Waals surface area contributed by atoms with Gasteiger partial charge in [0.1, 0.15) is 5.82 Å². The van der Waals surface area contributed by atoms with E-state index in [1.54, 1.807) is 24.1 Å². The van der Waals surface area contributed by atoms with Gasteiger partial charge in [-0.05, 0) is 36.8 Å². The lowest BCUT2D eigenvalue weighted by atomic mass is 9.79. The number of aryl methyl sites for hydroxylation is 1. The number of benzene rings is 2. The van der Waals surface area contributed by atoms with Gasteiger partial charge in [-0.15, -0.1) is 0 Å². The third-order valence-electron chi connectivity index (χ3n) is 5.94. The number of fused-ring (bicyclic) bond motifs is 2. The van der Waals surface area contributed by atoms with Crippen molar-refractivity contribution in [3.63, 3.8) is 0 Å². The number of aromatic nitrogens is 2. The number of H-pyrrole nitrogens is 1. The van der Waals surface area contributed by atoms with Gasteiger partial charge < -0.3 is 15.2 Å². The van der Waals surface area contributed by atoms with Crippen LogP contribution in [0.25, 0.3) is 10.9 Å². The van der Waals surface area contributed by atoms with E-state index in [1.807, 2.05) is 67.7 Å². The first-order valence-corrected chi connectivity index (χ1v) is 10.2. The third kappa shape index (κ3) is 3.17. The van der Waals surface area contributed by atoms with E-state index in [-0.39, 0.29) is 11.8 Å². The smallest absolute Gasteiger partial charge is 0.254 e. The van der Waals surface area contributed by atoms with E-state index in [0.717, 1.165) is 27.7 Å². The summed E-state index contributed by atoms with van der Waals surface area (Å²) >= 11 is 0. The maximum Gasteiger partial charge on any atom is 0.254 e. The predicted molar refractivity (Wildman–Crippen MR) is 120 cm³/mol. The molecule has 3 heterocycles. The van der Waals surface area contributed by atoms with Crippen molar-refractivity contribution in [2.45, 2.75) is 18.9 Å². The van der Waals surface area contributed by atoms with Crippen LogP contribution in [0.1, 0.15) is 39.1 Å². The number of nitrogens with zero attached hydrogens (tertiary/aromatic N) is 2. The number of aromatic amines is 1. The zero-order chi connectivity index (χ0) is 21.5. The first kappa shape index (κ1) is 19.1. The molecule has 6 nitrogen and oxygen atoms in total. The van der Waals surface area contributed by atoms with Gasteiger partial charge in [-0.1, -0.05) is 42.5 Å². The first-order valence-electron chi connectivity index (χ1n) is 10.2. The fraction of sp³-hybridized carbons (Fsp3) is 0.160. The lowest BCUT2D eigenvalue weighted by Crippen LogP contribution is -2.44. The van der Waals surface area contributed by atoms with Crippen LogP contribution >= 0.6 is 0 Å². The van der Waals surface area contributed by atoms with Gasteiger partial charge in [0, 0.05) is 41.0 Å². The van der Waals surface area contributed by atoms with Gasteiger partial charge in [0.15, 0.2) is 0 Å². The van der Waals surface area contributed by atoms with Crippen molar-refractivity contribution in [3.8, 4) is 0 Å². The minimum atomic E-state index is -0.583. The number of amides is 2. The van der Waals surface area contributed by atoms with Crippen molar-refractivity contribution in [2.75, 3.05) is 12.4 Å². The van der Waals surface area contributed by atoms with Crippen LogP contribution in [0.15, 0.2) is 72.9 Å². The number of rotatable bonds is 3. The number of carbonyl (C=O) groups is 2.